The van der Waals surface area contributed by atoms with Crippen LogP contribution in [-0.4, -0.2) is 23.4 Å². The van der Waals surface area contributed by atoms with Gasteiger partial charge in [0.1, 0.15) is 29.7 Å². The van der Waals surface area contributed by atoms with E-state index in [1.165, 1.54) is 6.92 Å². The van der Waals surface area contributed by atoms with Gasteiger partial charge in [-0.05, 0) is 53.5 Å². The van der Waals surface area contributed by atoms with Gasteiger partial charge in [0.05, 0.1) is 5.57 Å². The Morgan fingerprint density at radius 2 is 1.79 bits per heavy atom. The number of ether oxygens (including phenoxy) is 2. The van der Waals surface area contributed by atoms with Crippen molar-refractivity contribution in [3.8, 4) is 17.2 Å². The van der Waals surface area contributed by atoms with Crippen LogP contribution in [0.25, 0.3) is 6.08 Å². The van der Waals surface area contributed by atoms with Crippen LogP contribution in [0.5, 0.6) is 17.2 Å². The molecule has 0 saturated carbocycles. The van der Waals surface area contributed by atoms with E-state index in [9.17, 15) is 9.59 Å². The Kier molecular flexibility index (Phi) is 6.36. The molecule has 2 amide bonds. The van der Waals surface area contributed by atoms with Gasteiger partial charge in [-0.1, -0.05) is 32.9 Å². The van der Waals surface area contributed by atoms with Crippen molar-refractivity contribution in [3.63, 3.8) is 0 Å². The predicted molar refractivity (Wildman–Crippen MR) is 132 cm³/mol. The number of hydrogen-bond acceptors (Lipinski definition) is 5. The van der Waals surface area contributed by atoms with Gasteiger partial charge in [0, 0.05) is 30.4 Å². The van der Waals surface area contributed by atoms with Gasteiger partial charge < -0.3 is 20.1 Å². The normalized spacial score (nSPS) is 12.6. The lowest BCUT2D eigenvalue weighted by Gasteiger charge is -2.21. The number of aromatic nitrogens is 1. The van der Waals surface area contributed by atoms with Crippen LogP contribution in [0.2, 0.25) is 0 Å². The number of fused-ring (bicyclic) bond motifs is 1. The molecule has 174 valence electrons. The van der Waals surface area contributed by atoms with Gasteiger partial charge >= 0.3 is 0 Å². The van der Waals surface area contributed by atoms with Crippen LogP contribution < -0.4 is 20.1 Å². The lowest BCUT2D eigenvalue weighted by Crippen LogP contribution is -2.21. The van der Waals surface area contributed by atoms with E-state index in [2.05, 4.69) is 42.5 Å². The van der Waals surface area contributed by atoms with Crippen molar-refractivity contribution in [2.24, 2.45) is 0 Å². The molecule has 34 heavy (non-hydrogen) atoms. The van der Waals surface area contributed by atoms with Gasteiger partial charge in [-0.2, -0.15) is 0 Å². The molecule has 0 atom stereocenters. The first kappa shape index (κ1) is 23.0. The van der Waals surface area contributed by atoms with Gasteiger partial charge in [-0.15, -0.1) is 0 Å². The molecule has 7 heteroatoms. The molecule has 0 radical (unpaired) electrons. The summed E-state index contributed by atoms with van der Waals surface area (Å²) in [5.41, 5.74) is 3.13. The number of rotatable bonds is 5. The van der Waals surface area contributed by atoms with Crippen molar-refractivity contribution < 1.29 is 19.1 Å². The molecule has 1 aliphatic rings. The molecule has 7 nitrogen and oxygen atoms in total. The van der Waals surface area contributed by atoms with Crippen molar-refractivity contribution in [2.75, 3.05) is 17.2 Å². The van der Waals surface area contributed by atoms with Crippen LogP contribution in [0.3, 0.4) is 0 Å². The summed E-state index contributed by atoms with van der Waals surface area (Å²) in [6.45, 7) is 8.00. The number of nitrogens with zero attached hydrogens (tertiary/aromatic N) is 1. The first-order chi connectivity index (χ1) is 16.2. The quantitative estimate of drug-likeness (QED) is 0.525. The predicted octanol–water partition coefficient (Wildman–Crippen LogP) is 5.54. The molecule has 0 aliphatic carbocycles. The lowest BCUT2D eigenvalue weighted by molar-refractivity contribution is -0.114. The molecule has 0 unspecified atom stereocenters. The second-order valence-electron chi connectivity index (χ2n) is 9.10. The molecule has 0 spiro atoms. The molecular weight excluding hydrogens is 430 g/mol. The molecule has 4 rings (SSSR count). The Labute approximate surface area is 198 Å². The highest BCUT2D eigenvalue weighted by atomic mass is 16.5. The average Bonchev–Trinajstić information content (AvgIpc) is 2.78. The molecule has 0 saturated heterocycles. The van der Waals surface area contributed by atoms with E-state index in [1.54, 1.807) is 36.5 Å². The van der Waals surface area contributed by atoms with Crippen molar-refractivity contribution >= 4 is 29.4 Å². The van der Waals surface area contributed by atoms with Crippen molar-refractivity contribution in [3.05, 3.63) is 77.5 Å². The van der Waals surface area contributed by atoms with E-state index < -0.39 is 0 Å². The van der Waals surface area contributed by atoms with Gasteiger partial charge in [0.25, 0.3) is 5.91 Å². The maximum absolute atomic E-state index is 12.9. The Balaban J connectivity index is 1.51. The minimum atomic E-state index is -0.211. The number of carbonyl (C=O) groups excluding carboxylic acids is 2. The van der Waals surface area contributed by atoms with Crippen LogP contribution in [0, 0.1) is 0 Å². The van der Waals surface area contributed by atoms with E-state index in [0.29, 0.717) is 28.6 Å². The zero-order valence-electron chi connectivity index (χ0n) is 19.6. The maximum Gasteiger partial charge on any atom is 0.255 e. The summed E-state index contributed by atoms with van der Waals surface area (Å²) in [4.78, 5) is 28.3. The first-order valence-electron chi connectivity index (χ1n) is 11.0. The van der Waals surface area contributed by atoms with Crippen molar-refractivity contribution in [1.82, 2.24) is 4.98 Å². The molecule has 2 heterocycles. The molecule has 2 aromatic carbocycles. The fraction of sp³-hybridized carbons (Fsp3) is 0.222. The average molecular weight is 458 g/mol. The van der Waals surface area contributed by atoms with Gasteiger partial charge in [0.2, 0.25) is 5.91 Å². The minimum Gasteiger partial charge on any atom is -0.488 e. The molecule has 1 aromatic heterocycles. The van der Waals surface area contributed by atoms with Crippen molar-refractivity contribution in [1.29, 1.82) is 0 Å². The fourth-order valence-corrected chi connectivity index (χ4v) is 3.48. The standard InChI is InChI=1S/C27H27N3O4/c1-17(31)29-25-15-23(10-11-28-25)34-22-8-9-24-18(13-22)12-19(16-33-24)26(32)30-21-7-5-6-20(14-21)27(2,3)4/h5-15H,16H2,1-4H3,(H,30,32)(H,28,29,31). The second kappa shape index (κ2) is 9.39. The SMILES string of the molecule is CC(=O)Nc1cc(Oc2ccc3c(c2)C=C(C(=O)Nc2cccc(C(C)(C)C)c2)CO3)ccn1. The second-order valence-corrected chi connectivity index (χ2v) is 9.10. The summed E-state index contributed by atoms with van der Waals surface area (Å²) in [6, 6.07) is 16.6. The largest absolute Gasteiger partial charge is 0.488 e. The molecule has 2 N–H and O–H groups in total. The Bertz CT molecular complexity index is 1270. The lowest BCUT2D eigenvalue weighted by atomic mass is 9.87. The molecule has 3 aromatic rings. The smallest absolute Gasteiger partial charge is 0.255 e. The number of carbonyl (C=O) groups is 2. The molecule has 0 bridgehead atoms. The Hall–Kier alpha value is -4.13. The number of hydrogen-bond donors (Lipinski definition) is 2. The van der Waals surface area contributed by atoms with E-state index in [-0.39, 0.29) is 23.8 Å². The van der Waals surface area contributed by atoms with E-state index in [4.69, 9.17) is 9.47 Å². The zero-order chi connectivity index (χ0) is 24.3. The summed E-state index contributed by atoms with van der Waals surface area (Å²) in [5.74, 6) is 1.75. The summed E-state index contributed by atoms with van der Waals surface area (Å²) >= 11 is 0. The molecular formula is C27H27N3O4. The van der Waals surface area contributed by atoms with Crippen LogP contribution >= 0.6 is 0 Å². The summed E-state index contributed by atoms with van der Waals surface area (Å²) in [5, 5.41) is 5.60. The highest BCUT2D eigenvalue weighted by Gasteiger charge is 2.19. The number of nitrogens with one attached hydrogen (secondary N) is 2. The van der Waals surface area contributed by atoms with Crippen molar-refractivity contribution in [2.45, 2.75) is 33.1 Å². The Morgan fingerprint density at radius 3 is 2.56 bits per heavy atom. The highest BCUT2D eigenvalue weighted by molar-refractivity contribution is 6.07. The van der Waals surface area contributed by atoms with E-state index in [0.717, 1.165) is 16.8 Å². The zero-order valence-corrected chi connectivity index (χ0v) is 19.6. The van der Waals surface area contributed by atoms with Crippen LogP contribution in [-0.2, 0) is 15.0 Å². The van der Waals surface area contributed by atoms with Crippen LogP contribution in [0.15, 0.2) is 66.4 Å². The maximum atomic E-state index is 12.9. The number of benzene rings is 2. The number of pyridine rings is 1. The third-order valence-corrected chi connectivity index (χ3v) is 5.24. The van der Waals surface area contributed by atoms with Gasteiger partial charge in [-0.25, -0.2) is 4.98 Å². The number of anilines is 2. The Morgan fingerprint density at radius 1 is 1.00 bits per heavy atom. The topological polar surface area (TPSA) is 89.5 Å². The summed E-state index contributed by atoms with van der Waals surface area (Å²) < 4.78 is 11.7. The van der Waals surface area contributed by atoms with E-state index in [1.807, 2.05) is 24.3 Å². The van der Waals surface area contributed by atoms with Crippen LogP contribution in [0.4, 0.5) is 11.5 Å². The fourth-order valence-electron chi connectivity index (χ4n) is 3.48. The van der Waals surface area contributed by atoms with Crippen LogP contribution in [0.1, 0.15) is 38.8 Å². The third-order valence-electron chi connectivity index (χ3n) is 5.24. The minimum absolute atomic E-state index is 0.0129. The monoisotopic (exact) mass is 457 g/mol. The first-order valence-corrected chi connectivity index (χ1v) is 11.0. The van der Waals surface area contributed by atoms with Gasteiger partial charge in [0.15, 0.2) is 0 Å². The highest BCUT2D eigenvalue weighted by Crippen LogP contribution is 2.33. The summed E-state index contributed by atoms with van der Waals surface area (Å²) in [6.07, 6.45) is 3.36. The van der Waals surface area contributed by atoms with E-state index >= 15 is 0 Å². The third kappa shape index (κ3) is 5.61. The molecule has 1 aliphatic heterocycles. The van der Waals surface area contributed by atoms with Gasteiger partial charge in [-0.3, -0.25) is 9.59 Å². The summed E-state index contributed by atoms with van der Waals surface area (Å²) in [7, 11) is 0. The number of amides is 2. The molecule has 0 fully saturated rings.